The Bertz CT molecular complexity index is 314. The van der Waals surface area contributed by atoms with Crippen LogP contribution in [0.5, 0.6) is 5.75 Å². The van der Waals surface area contributed by atoms with E-state index in [0.717, 1.165) is 18.7 Å². The summed E-state index contributed by atoms with van der Waals surface area (Å²) in [6.07, 6.45) is 1.13. The highest BCUT2D eigenvalue weighted by Gasteiger charge is 2.04. The molecule has 1 unspecified atom stereocenters. The Morgan fingerprint density at radius 3 is 2.80 bits per heavy atom. The van der Waals surface area contributed by atoms with Crippen LogP contribution in [0.3, 0.4) is 0 Å². The molecule has 0 radical (unpaired) electrons. The average molecular weight is 211 g/mol. The molecule has 0 fully saturated rings. The van der Waals surface area contributed by atoms with Crippen molar-refractivity contribution in [1.29, 1.82) is 0 Å². The molecule has 2 nitrogen and oxygen atoms in total. The monoisotopic (exact) mass is 211 g/mol. The third-order valence-electron chi connectivity index (χ3n) is 2.50. The molecule has 0 saturated carbocycles. The zero-order valence-electron chi connectivity index (χ0n) is 9.51. The van der Waals surface area contributed by atoms with Crippen LogP contribution in [-0.4, -0.2) is 13.7 Å². The van der Waals surface area contributed by atoms with E-state index in [2.05, 4.69) is 19.2 Å². The van der Waals surface area contributed by atoms with Gasteiger partial charge in [0.1, 0.15) is 0 Å². The molecule has 0 bridgehead atoms. The highest BCUT2D eigenvalue weighted by Crippen LogP contribution is 2.21. The predicted molar refractivity (Wildman–Crippen MR) is 60.9 cm³/mol. The maximum atomic E-state index is 13.1. The number of rotatable bonds is 5. The smallest absolute Gasteiger partial charge is 0.165 e. The van der Waals surface area contributed by atoms with Crippen LogP contribution < -0.4 is 10.1 Å². The predicted octanol–water partition coefficient (Wildman–Crippen LogP) is 3.29. The highest BCUT2D eigenvalue weighted by molar-refractivity contribution is 5.48. The molecule has 0 aromatic heterocycles. The minimum absolute atomic E-state index is 0.282. The molecule has 15 heavy (non-hydrogen) atoms. The lowest BCUT2D eigenvalue weighted by molar-refractivity contribution is 0.387. The van der Waals surface area contributed by atoms with Crippen LogP contribution in [0.1, 0.15) is 20.3 Å². The van der Waals surface area contributed by atoms with Gasteiger partial charge in [-0.05, 0) is 18.1 Å². The van der Waals surface area contributed by atoms with Gasteiger partial charge in [0, 0.05) is 18.3 Å². The lowest BCUT2D eigenvalue weighted by atomic mass is 10.1. The van der Waals surface area contributed by atoms with Gasteiger partial charge in [-0.2, -0.15) is 0 Å². The molecule has 0 aliphatic carbocycles. The Morgan fingerprint density at radius 2 is 2.20 bits per heavy atom. The van der Waals surface area contributed by atoms with E-state index in [1.165, 1.54) is 13.2 Å². The van der Waals surface area contributed by atoms with Crippen molar-refractivity contribution in [3.63, 3.8) is 0 Å². The second kappa shape index (κ2) is 5.59. The summed E-state index contributed by atoms with van der Waals surface area (Å²) in [5.74, 6) is 0.566. The van der Waals surface area contributed by atoms with Gasteiger partial charge >= 0.3 is 0 Å². The molecule has 3 heteroatoms. The molecule has 0 amide bonds. The van der Waals surface area contributed by atoms with Gasteiger partial charge in [0.15, 0.2) is 11.6 Å². The second-order valence-electron chi connectivity index (χ2n) is 3.74. The lowest BCUT2D eigenvalue weighted by Gasteiger charge is -2.12. The molecular formula is C12H18FNO. The molecule has 0 saturated heterocycles. The summed E-state index contributed by atoms with van der Waals surface area (Å²) >= 11 is 0. The zero-order valence-corrected chi connectivity index (χ0v) is 9.51. The molecular weight excluding hydrogens is 193 g/mol. The number of halogens is 1. The van der Waals surface area contributed by atoms with E-state index in [4.69, 9.17) is 4.74 Å². The maximum absolute atomic E-state index is 13.1. The van der Waals surface area contributed by atoms with E-state index >= 15 is 0 Å². The number of hydrogen-bond acceptors (Lipinski definition) is 2. The van der Waals surface area contributed by atoms with Gasteiger partial charge < -0.3 is 10.1 Å². The Balaban J connectivity index is 2.62. The summed E-state index contributed by atoms with van der Waals surface area (Å²) in [4.78, 5) is 0. The molecule has 1 rings (SSSR count). The fourth-order valence-electron chi connectivity index (χ4n) is 1.21. The summed E-state index contributed by atoms with van der Waals surface area (Å²) in [5, 5.41) is 3.25. The first-order valence-electron chi connectivity index (χ1n) is 5.24. The molecule has 1 atom stereocenters. The molecule has 0 heterocycles. The zero-order chi connectivity index (χ0) is 11.3. The van der Waals surface area contributed by atoms with Crippen molar-refractivity contribution in [2.75, 3.05) is 19.0 Å². The molecule has 1 aromatic carbocycles. The van der Waals surface area contributed by atoms with Gasteiger partial charge in [-0.15, -0.1) is 0 Å². The number of hydrogen-bond donors (Lipinski definition) is 1. The molecule has 0 aliphatic rings. The summed E-state index contributed by atoms with van der Waals surface area (Å²) in [6, 6.07) is 4.82. The van der Waals surface area contributed by atoms with E-state index in [1.54, 1.807) is 12.1 Å². The molecule has 1 aromatic rings. The van der Waals surface area contributed by atoms with Gasteiger partial charge in [-0.25, -0.2) is 4.39 Å². The van der Waals surface area contributed by atoms with Gasteiger partial charge in [-0.1, -0.05) is 20.3 Å². The standard InChI is InChI=1S/C12H18FNO/c1-4-9(2)8-14-10-5-6-11(13)12(7-10)15-3/h5-7,9,14H,4,8H2,1-3H3. The van der Waals surface area contributed by atoms with Crippen LogP contribution in [-0.2, 0) is 0 Å². The van der Waals surface area contributed by atoms with Crippen molar-refractivity contribution in [3.8, 4) is 5.75 Å². The lowest BCUT2D eigenvalue weighted by Crippen LogP contribution is -2.10. The fourth-order valence-corrected chi connectivity index (χ4v) is 1.21. The number of anilines is 1. The first-order valence-corrected chi connectivity index (χ1v) is 5.24. The second-order valence-corrected chi connectivity index (χ2v) is 3.74. The number of nitrogens with one attached hydrogen (secondary N) is 1. The number of benzene rings is 1. The Hall–Kier alpha value is -1.25. The van der Waals surface area contributed by atoms with Crippen LogP contribution in [0, 0.1) is 11.7 Å². The molecule has 1 N–H and O–H groups in total. The summed E-state index contributed by atoms with van der Waals surface area (Å²) in [6.45, 7) is 5.22. The quantitative estimate of drug-likeness (QED) is 0.807. The van der Waals surface area contributed by atoms with Crippen molar-refractivity contribution in [1.82, 2.24) is 0 Å². The fraction of sp³-hybridized carbons (Fsp3) is 0.500. The van der Waals surface area contributed by atoms with Gasteiger partial charge in [0.2, 0.25) is 0 Å². The first kappa shape index (κ1) is 11.8. The minimum Gasteiger partial charge on any atom is -0.494 e. The van der Waals surface area contributed by atoms with Crippen LogP contribution >= 0.6 is 0 Å². The van der Waals surface area contributed by atoms with Crippen LogP contribution in [0.4, 0.5) is 10.1 Å². The van der Waals surface area contributed by atoms with Crippen molar-refractivity contribution in [3.05, 3.63) is 24.0 Å². The maximum Gasteiger partial charge on any atom is 0.165 e. The summed E-state index contributed by atoms with van der Waals surface area (Å²) in [7, 11) is 1.47. The van der Waals surface area contributed by atoms with Crippen molar-refractivity contribution < 1.29 is 9.13 Å². The molecule has 0 spiro atoms. The van der Waals surface area contributed by atoms with Gasteiger partial charge in [-0.3, -0.25) is 0 Å². The Kier molecular flexibility index (Phi) is 4.40. The van der Waals surface area contributed by atoms with E-state index in [1.807, 2.05) is 0 Å². The molecule has 84 valence electrons. The summed E-state index contributed by atoms with van der Waals surface area (Å²) < 4.78 is 18.0. The SMILES string of the molecule is CCC(C)CNc1ccc(F)c(OC)c1. The van der Waals surface area contributed by atoms with Crippen molar-refractivity contribution in [2.24, 2.45) is 5.92 Å². The molecule has 0 aliphatic heterocycles. The number of methoxy groups -OCH3 is 1. The highest BCUT2D eigenvalue weighted by atomic mass is 19.1. The number of ether oxygens (including phenoxy) is 1. The van der Waals surface area contributed by atoms with E-state index in [9.17, 15) is 4.39 Å². The van der Waals surface area contributed by atoms with E-state index in [-0.39, 0.29) is 11.6 Å². The van der Waals surface area contributed by atoms with E-state index in [0.29, 0.717) is 5.92 Å². The third kappa shape index (κ3) is 3.42. The van der Waals surface area contributed by atoms with Crippen molar-refractivity contribution in [2.45, 2.75) is 20.3 Å². The Morgan fingerprint density at radius 1 is 1.47 bits per heavy atom. The Labute approximate surface area is 90.4 Å². The summed E-state index contributed by atoms with van der Waals surface area (Å²) in [5.41, 5.74) is 0.897. The van der Waals surface area contributed by atoms with Crippen LogP contribution in [0.15, 0.2) is 18.2 Å². The minimum atomic E-state index is -0.327. The normalized spacial score (nSPS) is 12.3. The third-order valence-corrected chi connectivity index (χ3v) is 2.50. The van der Waals surface area contributed by atoms with Crippen molar-refractivity contribution >= 4 is 5.69 Å². The topological polar surface area (TPSA) is 21.3 Å². The largest absolute Gasteiger partial charge is 0.494 e. The van der Waals surface area contributed by atoms with Crippen LogP contribution in [0.2, 0.25) is 0 Å². The van der Waals surface area contributed by atoms with E-state index < -0.39 is 0 Å². The first-order chi connectivity index (χ1) is 7.17. The van der Waals surface area contributed by atoms with Crippen LogP contribution in [0.25, 0.3) is 0 Å². The average Bonchev–Trinajstić information content (AvgIpc) is 2.27. The van der Waals surface area contributed by atoms with Gasteiger partial charge in [0.05, 0.1) is 7.11 Å². The van der Waals surface area contributed by atoms with Gasteiger partial charge in [0.25, 0.3) is 0 Å².